The van der Waals surface area contributed by atoms with Gasteiger partial charge in [-0.2, -0.15) is 0 Å². The third-order valence-electron chi connectivity index (χ3n) is 2.88. The zero-order valence-corrected chi connectivity index (χ0v) is 12.1. The van der Waals surface area contributed by atoms with E-state index in [2.05, 4.69) is 13.8 Å². The maximum atomic E-state index is 11.3. The zero-order valence-electron chi connectivity index (χ0n) is 12.1. The summed E-state index contributed by atoms with van der Waals surface area (Å²) in [7, 11) is 0. The summed E-state index contributed by atoms with van der Waals surface area (Å²) in [6.07, 6.45) is 0. The molecule has 1 aromatic carbocycles. The molecular formula is C15H23NO3. The first-order valence-corrected chi connectivity index (χ1v) is 6.61. The van der Waals surface area contributed by atoms with Crippen molar-refractivity contribution >= 4 is 5.97 Å². The van der Waals surface area contributed by atoms with E-state index in [1.165, 1.54) is 11.1 Å². The minimum absolute atomic E-state index is 0.124. The van der Waals surface area contributed by atoms with E-state index in [4.69, 9.17) is 15.2 Å². The molecule has 1 aromatic rings. The predicted molar refractivity (Wildman–Crippen MR) is 75.4 cm³/mol. The number of benzene rings is 1. The molecule has 1 unspecified atom stereocenters. The predicted octanol–water partition coefficient (Wildman–Crippen LogP) is 2.39. The minimum Gasteiger partial charge on any atom is -0.491 e. The van der Waals surface area contributed by atoms with E-state index >= 15 is 0 Å². The molecule has 0 aliphatic rings. The molecule has 0 aliphatic carbocycles. The lowest BCUT2D eigenvalue weighted by molar-refractivity contribution is -0.145. The van der Waals surface area contributed by atoms with Crippen molar-refractivity contribution in [1.29, 1.82) is 0 Å². The van der Waals surface area contributed by atoms with Gasteiger partial charge in [0, 0.05) is 0 Å². The van der Waals surface area contributed by atoms with Crippen molar-refractivity contribution in [3.8, 4) is 5.75 Å². The normalized spacial score (nSPS) is 12.3. The molecule has 0 saturated carbocycles. The highest BCUT2D eigenvalue weighted by Gasteiger charge is 2.15. The van der Waals surface area contributed by atoms with E-state index < -0.39 is 12.0 Å². The summed E-state index contributed by atoms with van der Waals surface area (Å²) in [5.41, 5.74) is 8.14. The topological polar surface area (TPSA) is 61.5 Å². The van der Waals surface area contributed by atoms with E-state index in [-0.39, 0.29) is 6.61 Å². The van der Waals surface area contributed by atoms with Crippen molar-refractivity contribution in [3.63, 3.8) is 0 Å². The first-order valence-electron chi connectivity index (χ1n) is 6.61. The van der Waals surface area contributed by atoms with Crippen LogP contribution in [-0.4, -0.2) is 25.2 Å². The molecule has 0 spiro atoms. The van der Waals surface area contributed by atoms with Crippen LogP contribution in [-0.2, 0) is 9.53 Å². The highest BCUT2D eigenvalue weighted by Crippen LogP contribution is 2.23. The molecule has 4 heteroatoms. The summed E-state index contributed by atoms with van der Waals surface area (Å²) in [6.45, 7) is 8.56. The van der Waals surface area contributed by atoms with Crippen LogP contribution in [0.5, 0.6) is 5.75 Å². The second-order valence-corrected chi connectivity index (χ2v) is 4.84. The molecular weight excluding hydrogens is 242 g/mol. The van der Waals surface area contributed by atoms with Crippen LogP contribution in [0.15, 0.2) is 18.2 Å². The largest absolute Gasteiger partial charge is 0.491 e. The SMILES string of the molecule is CCOC(=O)C(N)COc1ccc(C(C)C)c(C)c1. The molecule has 0 radical (unpaired) electrons. The third-order valence-corrected chi connectivity index (χ3v) is 2.88. The lowest BCUT2D eigenvalue weighted by Crippen LogP contribution is -2.37. The van der Waals surface area contributed by atoms with Gasteiger partial charge in [0.2, 0.25) is 0 Å². The second kappa shape index (κ2) is 7.14. The average Bonchev–Trinajstić information content (AvgIpc) is 2.35. The second-order valence-electron chi connectivity index (χ2n) is 4.84. The molecule has 4 nitrogen and oxygen atoms in total. The summed E-state index contributed by atoms with van der Waals surface area (Å²) in [5.74, 6) is 0.774. The van der Waals surface area contributed by atoms with Gasteiger partial charge in [-0.1, -0.05) is 19.9 Å². The monoisotopic (exact) mass is 265 g/mol. The van der Waals surface area contributed by atoms with Crippen molar-refractivity contribution in [2.45, 2.75) is 39.7 Å². The van der Waals surface area contributed by atoms with Gasteiger partial charge in [0.05, 0.1) is 6.61 Å². The van der Waals surface area contributed by atoms with Gasteiger partial charge < -0.3 is 15.2 Å². The van der Waals surface area contributed by atoms with Crippen LogP contribution in [0, 0.1) is 6.92 Å². The molecule has 106 valence electrons. The van der Waals surface area contributed by atoms with Crippen LogP contribution in [0.25, 0.3) is 0 Å². The Morgan fingerprint density at radius 1 is 1.37 bits per heavy atom. The fraction of sp³-hybridized carbons (Fsp3) is 0.533. The molecule has 0 aromatic heterocycles. The number of hydrogen-bond acceptors (Lipinski definition) is 4. The van der Waals surface area contributed by atoms with E-state index in [1.807, 2.05) is 25.1 Å². The van der Waals surface area contributed by atoms with Gasteiger partial charge in [-0.15, -0.1) is 0 Å². The van der Waals surface area contributed by atoms with Gasteiger partial charge in [-0.05, 0) is 43.0 Å². The standard InChI is InChI=1S/C15H23NO3/c1-5-18-15(17)14(16)9-19-12-6-7-13(10(2)3)11(4)8-12/h6-8,10,14H,5,9,16H2,1-4H3. The van der Waals surface area contributed by atoms with Crippen LogP contribution in [0.2, 0.25) is 0 Å². The fourth-order valence-corrected chi connectivity index (χ4v) is 1.89. The number of rotatable bonds is 6. The van der Waals surface area contributed by atoms with Crippen LogP contribution >= 0.6 is 0 Å². The summed E-state index contributed by atoms with van der Waals surface area (Å²) < 4.78 is 10.3. The Labute approximate surface area is 114 Å². The van der Waals surface area contributed by atoms with Gasteiger partial charge in [0.25, 0.3) is 0 Å². The van der Waals surface area contributed by atoms with Crippen molar-refractivity contribution in [3.05, 3.63) is 29.3 Å². The van der Waals surface area contributed by atoms with E-state index in [0.29, 0.717) is 12.5 Å². The number of hydrogen-bond donors (Lipinski definition) is 1. The smallest absolute Gasteiger partial charge is 0.326 e. The average molecular weight is 265 g/mol. The van der Waals surface area contributed by atoms with E-state index in [0.717, 1.165) is 5.75 Å². The Balaban J connectivity index is 2.59. The van der Waals surface area contributed by atoms with Crippen LogP contribution in [0.1, 0.15) is 37.8 Å². The van der Waals surface area contributed by atoms with Crippen molar-refractivity contribution in [2.24, 2.45) is 5.73 Å². The highest BCUT2D eigenvalue weighted by atomic mass is 16.5. The quantitative estimate of drug-likeness (QED) is 0.802. The molecule has 1 rings (SSSR count). The molecule has 0 aliphatic heterocycles. The van der Waals surface area contributed by atoms with Gasteiger partial charge >= 0.3 is 5.97 Å². The number of aryl methyl sites for hydroxylation is 1. The molecule has 0 heterocycles. The fourth-order valence-electron chi connectivity index (χ4n) is 1.89. The Kier molecular flexibility index (Phi) is 5.83. The number of ether oxygens (including phenoxy) is 2. The Morgan fingerprint density at radius 3 is 2.58 bits per heavy atom. The Morgan fingerprint density at radius 2 is 2.05 bits per heavy atom. The van der Waals surface area contributed by atoms with Crippen molar-refractivity contribution < 1.29 is 14.3 Å². The van der Waals surface area contributed by atoms with E-state index in [1.54, 1.807) is 6.92 Å². The lowest BCUT2D eigenvalue weighted by atomic mass is 9.98. The molecule has 2 N–H and O–H groups in total. The summed E-state index contributed by atoms with van der Waals surface area (Å²) in [6, 6.07) is 5.17. The third kappa shape index (κ3) is 4.56. The zero-order chi connectivity index (χ0) is 14.4. The highest BCUT2D eigenvalue weighted by molar-refractivity contribution is 5.75. The lowest BCUT2D eigenvalue weighted by Gasteiger charge is -2.14. The van der Waals surface area contributed by atoms with Gasteiger partial charge in [0.15, 0.2) is 0 Å². The van der Waals surface area contributed by atoms with Crippen molar-refractivity contribution in [2.75, 3.05) is 13.2 Å². The molecule has 0 amide bonds. The molecule has 0 bridgehead atoms. The van der Waals surface area contributed by atoms with Gasteiger partial charge in [0.1, 0.15) is 18.4 Å². The summed E-state index contributed by atoms with van der Waals surface area (Å²) in [5, 5.41) is 0. The van der Waals surface area contributed by atoms with Gasteiger partial charge in [-0.25, -0.2) is 0 Å². The molecule has 19 heavy (non-hydrogen) atoms. The summed E-state index contributed by atoms with van der Waals surface area (Å²) >= 11 is 0. The maximum Gasteiger partial charge on any atom is 0.326 e. The summed E-state index contributed by atoms with van der Waals surface area (Å²) in [4.78, 5) is 11.3. The maximum absolute atomic E-state index is 11.3. The van der Waals surface area contributed by atoms with Gasteiger partial charge in [-0.3, -0.25) is 4.79 Å². The minimum atomic E-state index is -0.745. The first kappa shape index (κ1) is 15.5. The van der Waals surface area contributed by atoms with Crippen LogP contribution in [0.4, 0.5) is 0 Å². The Hall–Kier alpha value is -1.55. The molecule has 0 fully saturated rings. The first-order chi connectivity index (χ1) is 8.95. The molecule has 1 atom stereocenters. The van der Waals surface area contributed by atoms with Crippen LogP contribution in [0.3, 0.4) is 0 Å². The molecule has 0 saturated heterocycles. The Bertz CT molecular complexity index is 429. The number of carbonyl (C=O) groups excluding carboxylic acids is 1. The van der Waals surface area contributed by atoms with Crippen molar-refractivity contribution in [1.82, 2.24) is 0 Å². The van der Waals surface area contributed by atoms with Crippen LogP contribution < -0.4 is 10.5 Å². The number of carbonyl (C=O) groups is 1. The van der Waals surface area contributed by atoms with E-state index in [9.17, 15) is 4.79 Å². The number of esters is 1. The number of nitrogens with two attached hydrogens (primary N) is 1.